The molecule has 1 heterocycles. The summed E-state index contributed by atoms with van der Waals surface area (Å²) in [6.45, 7) is 0. The van der Waals surface area contributed by atoms with Crippen LogP contribution in [-0.4, -0.2) is 23.9 Å². The van der Waals surface area contributed by atoms with Gasteiger partial charge < -0.3 is 21.7 Å². The molecule has 1 aromatic heterocycles. The second kappa shape index (κ2) is 8.01. The number of benzene rings is 1. The summed E-state index contributed by atoms with van der Waals surface area (Å²) in [5.74, 6) is -0.360. The lowest BCUT2D eigenvalue weighted by atomic mass is 10.1. The molecule has 7 nitrogen and oxygen atoms in total. The van der Waals surface area contributed by atoms with Gasteiger partial charge in [-0.1, -0.05) is 6.07 Å². The van der Waals surface area contributed by atoms with E-state index in [4.69, 9.17) is 5.73 Å². The van der Waals surface area contributed by atoms with Crippen LogP contribution < -0.4 is 21.7 Å². The molecule has 1 aliphatic rings. The lowest BCUT2D eigenvalue weighted by Gasteiger charge is -2.16. The van der Waals surface area contributed by atoms with Gasteiger partial charge in [-0.3, -0.25) is 9.59 Å². The Kier molecular flexibility index (Phi) is 5.52. The van der Waals surface area contributed by atoms with Gasteiger partial charge in [0.15, 0.2) is 0 Å². The first kappa shape index (κ1) is 17.9. The molecule has 1 atom stereocenters. The third kappa shape index (κ3) is 5.06. The number of nitrogens with two attached hydrogens (primary N) is 1. The molecule has 5 N–H and O–H groups in total. The van der Waals surface area contributed by atoms with Crippen LogP contribution in [0.5, 0.6) is 0 Å². The second-order valence-electron chi connectivity index (χ2n) is 6.15. The van der Waals surface area contributed by atoms with Crippen molar-refractivity contribution in [1.29, 1.82) is 0 Å². The first-order valence-electron chi connectivity index (χ1n) is 8.31. The Morgan fingerprint density at radius 3 is 2.46 bits per heavy atom. The molecule has 26 heavy (non-hydrogen) atoms. The van der Waals surface area contributed by atoms with Gasteiger partial charge in [-0.15, -0.1) is 11.3 Å². The molecule has 4 amide bonds. The number of thiophene rings is 1. The molecule has 0 radical (unpaired) electrons. The van der Waals surface area contributed by atoms with Gasteiger partial charge in [0.1, 0.15) is 0 Å². The summed E-state index contributed by atoms with van der Waals surface area (Å²) in [4.78, 5) is 36.3. The lowest BCUT2D eigenvalue weighted by molar-refractivity contribution is -0.116. The normalized spacial score (nSPS) is 14.3. The smallest absolute Gasteiger partial charge is 0.312 e. The number of hydrogen-bond donors (Lipinski definition) is 4. The quantitative estimate of drug-likeness (QED) is 0.598. The summed E-state index contributed by atoms with van der Waals surface area (Å²) in [6.07, 6.45) is 2.13. The van der Waals surface area contributed by atoms with Crippen LogP contribution in [0.4, 0.5) is 10.5 Å². The van der Waals surface area contributed by atoms with Crippen LogP contribution in [0.1, 0.15) is 40.5 Å². The van der Waals surface area contributed by atoms with E-state index in [1.54, 1.807) is 24.3 Å². The van der Waals surface area contributed by atoms with Crippen molar-refractivity contribution < 1.29 is 14.4 Å². The predicted molar refractivity (Wildman–Crippen MR) is 100.0 cm³/mol. The van der Waals surface area contributed by atoms with Gasteiger partial charge in [-0.05, 0) is 48.6 Å². The van der Waals surface area contributed by atoms with E-state index in [1.165, 1.54) is 11.3 Å². The second-order valence-corrected chi connectivity index (χ2v) is 7.13. The molecule has 0 saturated heterocycles. The van der Waals surface area contributed by atoms with Gasteiger partial charge in [-0.25, -0.2) is 4.79 Å². The highest BCUT2D eigenvalue weighted by molar-refractivity contribution is 7.10. The zero-order valence-electron chi connectivity index (χ0n) is 14.0. The molecule has 0 spiro atoms. The van der Waals surface area contributed by atoms with E-state index in [0.29, 0.717) is 17.3 Å². The fourth-order valence-electron chi connectivity index (χ4n) is 2.48. The molecule has 1 aliphatic carbocycles. The average Bonchev–Trinajstić information content (AvgIpc) is 3.23. The van der Waals surface area contributed by atoms with Crippen molar-refractivity contribution in [2.75, 3.05) is 5.32 Å². The topological polar surface area (TPSA) is 113 Å². The van der Waals surface area contributed by atoms with E-state index in [0.717, 1.165) is 17.7 Å². The number of urea groups is 1. The van der Waals surface area contributed by atoms with Crippen LogP contribution in [0, 0.1) is 0 Å². The van der Waals surface area contributed by atoms with Crippen LogP contribution in [0.2, 0.25) is 0 Å². The van der Waals surface area contributed by atoms with Crippen LogP contribution in [-0.2, 0) is 4.79 Å². The maximum Gasteiger partial charge on any atom is 0.312 e. The summed E-state index contributed by atoms with van der Waals surface area (Å²) in [6, 6.07) is 9.54. The summed E-state index contributed by atoms with van der Waals surface area (Å²) in [7, 11) is 0. The van der Waals surface area contributed by atoms with Crippen molar-refractivity contribution in [2.24, 2.45) is 5.73 Å². The Balaban J connectivity index is 1.57. The molecule has 136 valence electrons. The Hall–Kier alpha value is -2.87. The number of carbonyl (C=O) groups is 3. The van der Waals surface area contributed by atoms with Crippen LogP contribution in [0.3, 0.4) is 0 Å². The van der Waals surface area contributed by atoms with E-state index in [1.807, 2.05) is 17.5 Å². The standard InChI is InChI=1S/C18H20N4O3S/c19-18(25)22-14(15-2-1-9-26-15)10-16(23)20-12-5-3-11(4-6-12)17(24)21-13-7-8-13/h1-6,9,13-14H,7-8,10H2,(H,20,23)(H,21,24)(H3,19,22,25). The van der Waals surface area contributed by atoms with E-state index >= 15 is 0 Å². The van der Waals surface area contributed by atoms with Crippen molar-refractivity contribution in [3.8, 4) is 0 Å². The third-order valence-corrected chi connectivity index (χ3v) is 4.92. The Morgan fingerprint density at radius 2 is 1.88 bits per heavy atom. The zero-order chi connectivity index (χ0) is 18.5. The number of primary amides is 1. The number of carbonyl (C=O) groups excluding carboxylic acids is 3. The Bertz CT molecular complexity index is 785. The van der Waals surface area contributed by atoms with E-state index in [-0.39, 0.29) is 18.2 Å². The first-order chi connectivity index (χ1) is 12.5. The van der Waals surface area contributed by atoms with E-state index in [9.17, 15) is 14.4 Å². The molecule has 3 rings (SSSR count). The highest BCUT2D eigenvalue weighted by Gasteiger charge is 2.23. The SMILES string of the molecule is NC(=O)NC(CC(=O)Nc1ccc(C(=O)NC2CC2)cc1)c1cccs1. The van der Waals surface area contributed by atoms with Gasteiger partial charge in [-0.2, -0.15) is 0 Å². The van der Waals surface area contributed by atoms with Crippen molar-refractivity contribution in [3.05, 3.63) is 52.2 Å². The average molecular weight is 372 g/mol. The van der Waals surface area contributed by atoms with Crippen LogP contribution in [0.15, 0.2) is 41.8 Å². The van der Waals surface area contributed by atoms with Gasteiger partial charge in [0, 0.05) is 22.2 Å². The fraction of sp³-hybridized carbons (Fsp3) is 0.278. The molecule has 1 saturated carbocycles. The summed E-state index contributed by atoms with van der Waals surface area (Å²) in [5.41, 5.74) is 6.34. The molecule has 1 fully saturated rings. The maximum absolute atomic E-state index is 12.3. The molecule has 8 heteroatoms. The summed E-state index contributed by atoms with van der Waals surface area (Å²) in [5, 5.41) is 10.1. The minimum absolute atomic E-state index is 0.0629. The fourth-order valence-corrected chi connectivity index (χ4v) is 3.26. The van der Waals surface area contributed by atoms with Gasteiger partial charge in [0.2, 0.25) is 5.91 Å². The zero-order valence-corrected chi connectivity index (χ0v) is 14.8. The molecule has 1 unspecified atom stereocenters. The van der Waals surface area contributed by atoms with Crippen LogP contribution in [0.25, 0.3) is 0 Å². The number of rotatable bonds is 7. The molecular formula is C18H20N4O3S. The summed E-state index contributed by atoms with van der Waals surface area (Å²) < 4.78 is 0. The number of amides is 4. The molecule has 0 aliphatic heterocycles. The van der Waals surface area contributed by atoms with Gasteiger partial charge >= 0.3 is 6.03 Å². The number of anilines is 1. The highest BCUT2D eigenvalue weighted by atomic mass is 32.1. The number of nitrogens with one attached hydrogen (secondary N) is 3. The van der Waals surface area contributed by atoms with Crippen molar-refractivity contribution in [3.63, 3.8) is 0 Å². The minimum Gasteiger partial charge on any atom is -0.352 e. The third-order valence-electron chi connectivity index (χ3n) is 3.94. The monoisotopic (exact) mass is 372 g/mol. The Labute approximate surface area is 155 Å². The molecule has 0 bridgehead atoms. The highest BCUT2D eigenvalue weighted by Crippen LogP contribution is 2.23. The van der Waals surface area contributed by atoms with E-state index in [2.05, 4.69) is 16.0 Å². The minimum atomic E-state index is -0.678. The van der Waals surface area contributed by atoms with Gasteiger partial charge in [0.05, 0.1) is 12.5 Å². The van der Waals surface area contributed by atoms with Gasteiger partial charge in [0.25, 0.3) is 5.91 Å². The van der Waals surface area contributed by atoms with Crippen molar-refractivity contribution in [2.45, 2.75) is 31.3 Å². The van der Waals surface area contributed by atoms with Crippen LogP contribution >= 0.6 is 11.3 Å². The number of hydrogen-bond acceptors (Lipinski definition) is 4. The van der Waals surface area contributed by atoms with E-state index < -0.39 is 12.1 Å². The largest absolute Gasteiger partial charge is 0.352 e. The molecular weight excluding hydrogens is 352 g/mol. The van der Waals surface area contributed by atoms with Crippen molar-refractivity contribution >= 4 is 34.9 Å². The molecule has 1 aromatic carbocycles. The first-order valence-corrected chi connectivity index (χ1v) is 9.19. The lowest BCUT2D eigenvalue weighted by Crippen LogP contribution is -2.34. The maximum atomic E-state index is 12.3. The van der Waals surface area contributed by atoms with Crippen molar-refractivity contribution in [1.82, 2.24) is 10.6 Å². The predicted octanol–water partition coefficient (Wildman–Crippen LogP) is 2.38. The Morgan fingerprint density at radius 1 is 1.15 bits per heavy atom. The molecule has 2 aromatic rings. The summed E-state index contributed by atoms with van der Waals surface area (Å²) >= 11 is 1.44.